The fourth-order valence-electron chi connectivity index (χ4n) is 3.54. The molecule has 0 saturated heterocycles. The SMILES string of the molecule is C=CC(=O)OCCCCOc1ccc(-c2ccc(OC(=O)/C=C/c3ccc(OC(=O)C(=C)CC(=O)OC)cc3)cc2)cc1. The van der Waals surface area contributed by atoms with Gasteiger partial charge in [0.1, 0.15) is 17.2 Å². The van der Waals surface area contributed by atoms with Crippen molar-refractivity contribution in [2.75, 3.05) is 20.3 Å². The second-order valence-corrected chi connectivity index (χ2v) is 9.05. The highest BCUT2D eigenvalue weighted by Crippen LogP contribution is 2.25. The quantitative estimate of drug-likeness (QED) is 0.0934. The van der Waals surface area contributed by atoms with E-state index in [1.54, 1.807) is 42.5 Å². The van der Waals surface area contributed by atoms with Crippen molar-refractivity contribution in [3.05, 3.63) is 109 Å². The first-order valence-electron chi connectivity index (χ1n) is 13.4. The monoisotopic (exact) mass is 584 g/mol. The summed E-state index contributed by atoms with van der Waals surface area (Å²) >= 11 is 0. The van der Waals surface area contributed by atoms with Crippen molar-refractivity contribution in [2.24, 2.45) is 0 Å². The highest BCUT2D eigenvalue weighted by molar-refractivity contribution is 5.94. The summed E-state index contributed by atoms with van der Waals surface area (Å²) in [6.07, 6.45) is 5.20. The van der Waals surface area contributed by atoms with Gasteiger partial charge in [0.05, 0.1) is 26.7 Å². The molecule has 0 aliphatic rings. The largest absolute Gasteiger partial charge is 0.494 e. The van der Waals surface area contributed by atoms with Gasteiger partial charge in [0.15, 0.2) is 0 Å². The predicted octanol–water partition coefficient (Wildman–Crippen LogP) is 5.89. The number of methoxy groups -OCH3 is 1. The van der Waals surface area contributed by atoms with E-state index in [1.165, 1.54) is 13.2 Å². The first-order valence-corrected chi connectivity index (χ1v) is 13.4. The van der Waals surface area contributed by atoms with Gasteiger partial charge >= 0.3 is 23.9 Å². The molecule has 43 heavy (non-hydrogen) atoms. The van der Waals surface area contributed by atoms with Gasteiger partial charge in [-0.25, -0.2) is 14.4 Å². The highest BCUT2D eigenvalue weighted by Gasteiger charge is 2.14. The zero-order valence-electron chi connectivity index (χ0n) is 23.8. The molecule has 0 aliphatic carbocycles. The van der Waals surface area contributed by atoms with E-state index in [0.717, 1.165) is 29.4 Å². The molecule has 0 unspecified atom stereocenters. The fraction of sp³-hybridized carbons (Fsp3) is 0.176. The summed E-state index contributed by atoms with van der Waals surface area (Å²) < 4.78 is 25.7. The molecule has 0 aromatic heterocycles. The summed E-state index contributed by atoms with van der Waals surface area (Å²) in [5.74, 6) is -0.902. The lowest BCUT2D eigenvalue weighted by Crippen LogP contribution is -2.14. The number of unbranched alkanes of at least 4 members (excludes halogenated alkanes) is 1. The van der Waals surface area contributed by atoms with E-state index in [4.69, 9.17) is 18.9 Å². The maximum absolute atomic E-state index is 12.3. The summed E-state index contributed by atoms with van der Waals surface area (Å²) in [4.78, 5) is 46.6. The van der Waals surface area contributed by atoms with Crippen LogP contribution in [0.2, 0.25) is 0 Å². The maximum Gasteiger partial charge on any atom is 0.339 e. The lowest BCUT2D eigenvalue weighted by molar-refractivity contribution is -0.141. The number of hydrogen-bond donors (Lipinski definition) is 0. The normalized spacial score (nSPS) is 10.4. The zero-order valence-corrected chi connectivity index (χ0v) is 23.8. The summed E-state index contributed by atoms with van der Waals surface area (Å²) in [5.41, 5.74) is 2.58. The Morgan fingerprint density at radius 3 is 1.88 bits per heavy atom. The molecule has 3 aromatic rings. The van der Waals surface area contributed by atoms with Crippen LogP contribution in [0.15, 0.2) is 104 Å². The Hall–Kier alpha value is -5.44. The molecule has 0 spiro atoms. The van der Waals surface area contributed by atoms with E-state index in [-0.39, 0.29) is 17.7 Å². The Morgan fingerprint density at radius 1 is 0.721 bits per heavy atom. The fourth-order valence-corrected chi connectivity index (χ4v) is 3.54. The molecule has 3 aromatic carbocycles. The molecule has 222 valence electrons. The molecule has 0 saturated carbocycles. The minimum absolute atomic E-state index is 0.0237. The van der Waals surface area contributed by atoms with Crippen LogP contribution >= 0.6 is 0 Å². The number of ether oxygens (including phenoxy) is 5. The smallest absolute Gasteiger partial charge is 0.339 e. The van der Waals surface area contributed by atoms with Crippen LogP contribution in [0.25, 0.3) is 17.2 Å². The Bertz CT molecular complexity index is 1450. The minimum Gasteiger partial charge on any atom is -0.494 e. The third-order valence-corrected chi connectivity index (χ3v) is 5.86. The van der Waals surface area contributed by atoms with E-state index < -0.39 is 23.9 Å². The summed E-state index contributed by atoms with van der Waals surface area (Å²) in [6, 6.07) is 21.2. The van der Waals surface area contributed by atoms with E-state index in [9.17, 15) is 19.2 Å². The van der Waals surface area contributed by atoms with Gasteiger partial charge in [-0.15, -0.1) is 0 Å². The second-order valence-electron chi connectivity index (χ2n) is 9.05. The van der Waals surface area contributed by atoms with Gasteiger partial charge in [0.25, 0.3) is 0 Å². The molecule has 9 heteroatoms. The molecule has 0 amide bonds. The summed E-state index contributed by atoms with van der Waals surface area (Å²) in [6.45, 7) is 7.73. The first kappa shape index (κ1) is 32.1. The van der Waals surface area contributed by atoms with Crippen LogP contribution in [0.1, 0.15) is 24.8 Å². The lowest BCUT2D eigenvalue weighted by atomic mass is 10.1. The molecule has 0 radical (unpaired) electrons. The zero-order chi connectivity index (χ0) is 31.0. The number of carbonyl (C=O) groups excluding carboxylic acids is 4. The number of hydrogen-bond acceptors (Lipinski definition) is 9. The molecule has 0 N–H and O–H groups in total. The third kappa shape index (κ3) is 11.2. The van der Waals surface area contributed by atoms with Crippen LogP contribution < -0.4 is 14.2 Å². The highest BCUT2D eigenvalue weighted by atomic mass is 16.5. The summed E-state index contributed by atoms with van der Waals surface area (Å²) in [7, 11) is 1.22. The Kier molecular flexibility index (Phi) is 12.5. The van der Waals surface area contributed by atoms with E-state index in [0.29, 0.717) is 30.9 Å². The van der Waals surface area contributed by atoms with Crippen LogP contribution in [-0.4, -0.2) is 44.2 Å². The molecule has 0 heterocycles. The van der Waals surface area contributed by atoms with E-state index >= 15 is 0 Å². The standard InChI is InChI=1S/C34H32O9/c1-4-31(35)41-22-6-5-21-40-28-16-10-26(11-17-28)27-12-18-29(19-13-27)42-32(36)20-9-25-7-14-30(15-8-25)43-34(38)24(2)23-33(37)39-3/h4,7-20H,1-2,5-6,21-23H2,3H3/b20-9+. The van der Waals surface area contributed by atoms with Crippen molar-refractivity contribution in [3.63, 3.8) is 0 Å². The topological polar surface area (TPSA) is 114 Å². The third-order valence-electron chi connectivity index (χ3n) is 5.86. The van der Waals surface area contributed by atoms with Crippen molar-refractivity contribution in [1.82, 2.24) is 0 Å². The maximum atomic E-state index is 12.3. The van der Waals surface area contributed by atoms with Gasteiger partial charge in [0.2, 0.25) is 0 Å². The summed E-state index contributed by atoms with van der Waals surface area (Å²) in [5, 5.41) is 0. The Balaban J connectivity index is 1.43. The van der Waals surface area contributed by atoms with Crippen molar-refractivity contribution < 1.29 is 42.9 Å². The Labute approximate surface area is 250 Å². The van der Waals surface area contributed by atoms with Crippen molar-refractivity contribution >= 4 is 30.0 Å². The van der Waals surface area contributed by atoms with Crippen LogP contribution in [-0.2, 0) is 28.7 Å². The van der Waals surface area contributed by atoms with Gasteiger partial charge in [-0.3, -0.25) is 4.79 Å². The van der Waals surface area contributed by atoms with Crippen LogP contribution in [0.5, 0.6) is 17.2 Å². The molecule has 3 rings (SSSR count). The number of benzene rings is 3. The molecule has 0 aliphatic heterocycles. The Morgan fingerprint density at radius 2 is 1.28 bits per heavy atom. The van der Waals surface area contributed by atoms with Crippen molar-refractivity contribution in [1.29, 1.82) is 0 Å². The van der Waals surface area contributed by atoms with Gasteiger partial charge in [-0.1, -0.05) is 49.6 Å². The molecular formula is C34H32O9. The van der Waals surface area contributed by atoms with Gasteiger partial charge in [-0.2, -0.15) is 0 Å². The first-order chi connectivity index (χ1) is 20.8. The van der Waals surface area contributed by atoms with Crippen molar-refractivity contribution in [2.45, 2.75) is 19.3 Å². The van der Waals surface area contributed by atoms with E-state index in [2.05, 4.69) is 17.9 Å². The number of esters is 4. The van der Waals surface area contributed by atoms with Crippen molar-refractivity contribution in [3.8, 4) is 28.4 Å². The number of carbonyl (C=O) groups is 4. The predicted molar refractivity (Wildman–Crippen MR) is 160 cm³/mol. The molecule has 9 nitrogen and oxygen atoms in total. The minimum atomic E-state index is -0.733. The van der Waals surface area contributed by atoms with Crippen LogP contribution in [0.3, 0.4) is 0 Å². The van der Waals surface area contributed by atoms with E-state index in [1.807, 2.05) is 36.4 Å². The van der Waals surface area contributed by atoms with Gasteiger partial charge in [0, 0.05) is 17.7 Å². The average Bonchev–Trinajstić information content (AvgIpc) is 3.02. The number of rotatable bonds is 15. The molecule has 0 atom stereocenters. The van der Waals surface area contributed by atoms with Gasteiger partial charge in [-0.05, 0) is 72.0 Å². The molecule has 0 fully saturated rings. The van der Waals surface area contributed by atoms with Crippen LogP contribution in [0.4, 0.5) is 0 Å². The average molecular weight is 585 g/mol. The van der Waals surface area contributed by atoms with Gasteiger partial charge < -0.3 is 23.7 Å². The molecular weight excluding hydrogens is 552 g/mol. The second kappa shape index (κ2) is 16.7. The lowest BCUT2D eigenvalue weighted by Gasteiger charge is -2.08. The van der Waals surface area contributed by atoms with Crippen LogP contribution in [0, 0.1) is 0 Å². The molecule has 0 bridgehead atoms.